The second kappa shape index (κ2) is 7.75. The number of carbonyl (C=O) groups is 1. The van der Waals surface area contributed by atoms with Crippen molar-refractivity contribution < 1.29 is 18.3 Å². The number of halogens is 3. The highest BCUT2D eigenvalue weighted by Crippen LogP contribution is 2.30. The number of nitrogens with one attached hydrogen (secondary N) is 1. The van der Waals surface area contributed by atoms with Crippen LogP contribution in [0.3, 0.4) is 0 Å². The molecule has 0 aliphatic heterocycles. The number of ether oxygens (including phenoxy) is 1. The van der Waals surface area contributed by atoms with E-state index in [2.05, 4.69) is 10.3 Å². The Hall–Kier alpha value is -2.93. The molecule has 0 aliphatic carbocycles. The monoisotopic (exact) mass is 391 g/mol. The highest BCUT2D eigenvalue weighted by molar-refractivity contribution is 6.33. The molecule has 3 aromatic rings. The van der Waals surface area contributed by atoms with Crippen LogP contribution in [0.15, 0.2) is 48.8 Å². The van der Waals surface area contributed by atoms with Crippen molar-refractivity contribution in [3.8, 4) is 5.75 Å². The van der Waals surface area contributed by atoms with Gasteiger partial charge in [-0.1, -0.05) is 29.8 Å². The molecule has 0 spiro atoms. The van der Waals surface area contributed by atoms with Crippen LogP contribution < -0.4 is 10.1 Å². The van der Waals surface area contributed by atoms with Gasteiger partial charge >= 0.3 is 0 Å². The molecule has 140 valence electrons. The van der Waals surface area contributed by atoms with E-state index in [9.17, 15) is 13.6 Å². The first kappa shape index (κ1) is 18.8. The Morgan fingerprint density at radius 3 is 2.63 bits per heavy atom. The van der Waals surface area contributed by atoms with E-state index < -0.39 is 23.6 Å². The summed E-state index contributed by atoms with van der Waals surface area (Å²) in [5, 5.41) is 2.59. The van der Waals surface area contributed by atoms with Crippen LogP contribution in [-0.2, 0) is 7.05 Å². The third-order valence-corrected chi connectivity index (χ3v) is 4.41. The Morgan fingerprint density at radius 1 is 1.26 bits per heavy atom. The van der Waals surface area contributed by atoms with Crippen molar-refractivity contribution in [2.45, 2.75) is 6.04 Å². The lowest BCUT2D eigenvalue weighted by Gasteiger charge is -2.21. The van der Waals surface area contributed by atoms with E-state index in [-0.39, 0.29) is 10.6 Å². The molecule has 0 saturated heterocycles. The standard InChI is InChI=1S/C19H16ClF2N3O2/c1-25-8-7-23-18(25)17(11-5-3-4-6-16(11)27-2)24-19(26)12-9-14(21)15(22)10-13(12)20/h3-10,17H,1-2H3,(H,24,26). The number of rotatable bonds is 5. The van der Waals surface area contributed by atoms with E-state index in [1.807, 2.05) is 0 Å². The lowest BCUT2D eigenvalue weighted by Crippen LogP contribution is -2.31. The molecule has 1 heterocycles. The highest BCUT2D eigenvalue weighted by atomic mass is 35.5. The Balaban J connectivity index is 2.04. The molecule has 2 aromatic carbocycles. The number of hydrogen-bond acceptors (Lipinski definition) is 3. The Kier molecular flexibility index (Phi) is 5.41. The van der Waals surface area contributed by atoms with Gasteiger partial charge in [-0.15, -0.1) is 0 Å². The first-order chi connectivity index (χ1) is 12.9. The quantitative estimate of drug-likeness (QED) is 0.671. The largest absolute Gasteiger partial charge is 0.496 e. The first-order valence-corrected chi connectivity index (χ1v) is 8.35. The lowest BCUT2D eigenvalue weighted by atomic mass is 10.0. The minimum atomic E-state index is -1.16. The zero-order valence-electron chi connectivity index (χ0n) is 14.5. The Labute approximate surface area is 159 Å². The third-order valence-electron chi connectivity index (χ3n) is 4.10. The maximum Gasteiger partial charge on any atom is 0.253 e. The average Bonchev–Trinajstić information content (AvgIpc) is 3.08. The zero-order chi connectivity index (χ0) is 19.6. The first-order valence-electron chi connectivity index (χ1n) is 7.98. The van der Waals surface area contributed by atoms with Crippen LogP contribution in [-0.4, -0.2) is 22.6 Å². The molecule has 1 aromatic heterocycles. The lowest BCUT2D eigenvalue weighted by molar-refractivity contribution is 0.0940. The van der Waals surface area contributed by atoms with E-state index >= 15 is 0 Å². The smallest absolute Gasteiger partial charge is 0.253 e. The maximum atomic E-state index is 13.6. The van der Waals surface area contributed by atoms with Gasteiger partial charge in [-0.05, 0) is 18.2 Å². The van der Waals surface area contributed by atoms with Gasteiger partial charge in [-0.2, -0.15) is 0 Å². The van der Waals surface area contributed by atoms with Crippen LogP contribution in [0, 0.1) is 11.6 Å². The van der Waals surface area contributed by atoms with Gasteiger partial charge in [0.15, 0.2) is 11.6 Å². The number of nitrogens with zero attached hydrogens (tertiary/aromatic N) is 2. The molecular weight excluding hydrogens is 376 g/mol. The summed E-state index contributed by atoms with van der Waals surface area (Å²) in [6, 6.07) is 7.97. The van der Waals surface area contributed by atoms with Crippen molar-refractivity contribution in [3.63, 3.8) is 0 Å². The zero-order valence-corrected chi connectivity index (χ0v) is 15.3. The molecule has 0 fully saturated rings. The minimum Gasteiger partial charge on any atom is -0.496 e. The van der Waals surface area contributed by atoms with Gasteiger partial charge in [-0.3, -0.25) is 4.79 Å². The van der Waals surface area contributed by atoms with Crippen molar-refractivity contribution in [2.24, 2.45) is 7.05 Å². The maximum absolute atomic E-state index is 13.6. The summed E-state index contributed by atoms with van der Waals surface area (Å²) in [4.78, 5) is 17.1. The summed E-state index contributed by atoms with van der Waals surface area (Å²) in [7, 11) is 3.30. The second-order valence-corrected chi connectivity index (χ2v) is 6.20. The minimum absolute atomic E-state index is 0.176. The molecular formula is C19H16ClF2N3O2. The van der Waals surface area contributed by atoms with Crippen LogP contribution >= 0.6 is 11.6 Å². The SMILES string of the molecule is COc1ccccc1C(NC(=O)c1cc(F)c(F)cc1Cl)c1nccn1C. The molecule has 0 radical (unpaired) electrons. The van der Waals surface area contributed by atoms with Gasteiger partial charge < -0.3 is 14.6 Å². The Bertz CT molecular complexity index is 991. The highest BCUT2D eigenvalue weighted by Gasteiger charge is 2.25. The normalized spacial score (nSPS) is 11.9. The number of imidazole rings is 1. The fourth-order valence-electron chi connectivity index (χ4n) is 2.75. The summed E-state index contributed by atoms with van der Waals surface area (Å²) < 4.78 is 34.0. The van der Waals surface area contributed by atoms with Gasteiger partial charge in [0, 0.05) is 25.0 Å². The van der Waals surface area contributed by atoms with Crippen molar-refractivity contribution in [3.05, 3.63) is 82.4 Å². The van der Waals surface area contributed by atoms with Gasteiger partial charge in [0.25, 0.3) is 5.91 Å². The fourth-order valence-corrected chi connectivity index (χ4v) is 2.98. The van der Waals surface area contributed by atoms with Crippen LogP contribution in [0.25, 0.3) is 0 Å². The number of aryl methyl sites for hydroxylation is 1. The van der Waals surface area contributed by atoms with Gasteiger partial charge in [0.05, 0.1) is 17.7 Å². The molecule has 1 N–H and O–H groups in total. The fraction of sp³-hybridized carbons (Fsp3) is 0.158. The van der Waals surface area contributed by atoms with Gasteiger partial charge in [-0.25, -0.2) is 13.8 Å². The van der Waals surface area contributed by atoms with Crippen molar-refractivity contribution >= 4 is 17.5 Å². The second-order valence-electron chi connectivity index (χ2n) is 5.79. The van der Waals surface area contributed by atoms with Gasteiger partial charge in [0.1, 0.15) is 17.6 Å². The summed E-state index contributed by atoms with van der Waals surface area (Å²) in [6.07, 6.45) is 3.32. The van der Waals surface area contributed by atoms with Crippen LogP contribution in [0.2, 0.25) is 5.02 Å². The number of para-hydroxylation sites is 1. The van der Waals surface area contributed by atoms with Crippen LogP contribution in [0.1, 0.15) is 27.8 Å². The molecule has 8 heteroatoms. The average molecular weight is 392 g/mol. The molecule has 1 unspecified atom stereocenters. The summed E-state index contributed by atoms with van der Waals surface area (Å²) in [5.74, 6) is -1.87. The number of methoxy groups -OCH3 is 1. The predicted octanol–water partition coefficient (Wildman–Crippen LogP) is 3.88. The molecule has 3 rings (SSSR count). The van der Waals surface area contributed by atoms with E-state index in [0.29, 0.717) is 17.1 Å². The third kappa shape index (κ3) is 3.78. The van der Waals surface area contributed by atoms with E-state index in [1.54, 1.807) is 48.3 Å². The topological polar surface area (TPSA) is 56.1 Å². The van der Waals surface area contributed by atoms with Gasteiger partial charge in [0.2, 0.25) is 0 Å². The summed E-state index contributed by atoms with van der Waals surface area (Å²) in [6.45, 7) is 0. The molecule has 0 saturated carbocycles. The number of hydrogen-bond donors (Lipinski definition) is 1. The molecule has 27 heavy (non-hydrogen) atoms. The van der Waals surface area contributed by atoms with Crippen molar-refractivity contribution in [2.75, 3.05) is 7.11 Å². The summed E-state index contributed by atoms with van der Waals surface area (Å²) in [5.41, 5.74) is 0.478. The number of amides is 1. The molecule has 0 bridgehead atoms. The number of aromatic nitrogens is 2. The molecule has 1 amide bonds. The molecule has 1 atom stereocenters. The predicted molar refractivity (Wildman–Crippen MR) is 96.9 cm³/mol. The Morgan fingerprint density at radius 2 is 1.96 bits per heavy atom. The van der Waals surface area contributed by atoms with Crippen LogP contribution in [0.4, 0.5) is 8.78 Å². The summed E-state index contributed by atoms with van der Waals surface area (Å²) >= 11 is 5.93. The van der Waals surface area contributed by atoms with Crippen molar-refractivity contribution in [1.29, 1.82) is 0 Å². The van der Waals surface area contributed by atoms with E-state index in [4.69, 9.17) is 16.3 Å². The van der Waals surface area contributed by atoms with E-state index in [1.165, 1.54) is 7.11 Å². The van der Waals surface area contributed by atoms with E-state index in [0.717, 1.165) is 12.1 Å². The van der Waals surface area contributed by atoms with Crippen LogP contribution in [0.5, 0.6) is 5.75 Å². The molecule has 5 nitrogen and oxygen atoms in total. The van der Waals surface area contributed by atoms with Crippen molar-refractivity contribution in [1.82, 2.24) is 14.9 Å². The molecule has 0 aliphatic rings. The number of carbonyl (C=O) groups excluding carboxylic acids is 1. The number of benzene rings is 2.